The minimum atomic E-state index is 0.802. The van der Waals surface area contributed by atoms with Crippen LogP contribution in [-0.2, 0) is 0 Å². The molecular formula is C14H34N2. The Morgan fingerprint density at radius 3 is 1.75 bits per heavy atom. The maximum absolute atomic E-state index is 3.36. The predicted octanol–water partition coefficient (Wildman–Crippen LogP) is 3.43. The summed E-state index contributed by atoms with van der Waals surface area (Å²) in [5, 5.41) is 6.59. The number of nitrogens with one attached hydrogen (secondary N) is 2. The first-order valence-corrected chi connectivity index (χ1v) is 7.18. The van der Waals surface area contributed by atoms with Gasteiger partial charge in [0.1, 0.15) is 0 Å². The lowest BCUT2D eigenvalue weighted by Gasteiger charge is -2.28. The van der Waals surface area contributed by atoms with Gasteiger partial charge in [0, 0.05) is 6.04 Å². The molecule has 0 heterocycles. The lowest BCUT2D eigenvalue weighted by atomic mass is 9.84. The molecule has 0 atom stereocenters. The Hall–Kier alpha value is -0.0800. The predicted molar refractivity (Wildman–Crippen MR) is 76.0 cm³/mol. The summed E-state index contributed by atoms with van der Waals surface area (Å²) >= 11 is 0. The number of hydrogen-bond donors (Lipinski definition) is 2. The Morgan fingerprint density at radius 1 is 0.875 bits per heavy atom. The van der Waals surface area contributed by atoms with Crippen LogP contribution in [0.4, 0.5) is 0 Å². The van der Waals surface area contributed by atoms with Crippen LogP contribution in [0.1, 0.15) is 59.8 Å². The molecule has 1 fully saturated rings. The second-order valence-electron chi connectivity index (χ2n) is 3.90. The van der Waals surface area contributed by atoms with Crippen LogP contribution in [0, 0.1) is 5.92 Å². The fraction of sp³-hybridized carbons (Fsp3) is 1.00. The highest BCUT2D eigenvalue weighted by Crippen LogP contribution is 2.26. The highest BCUT2D eigenvalue weighted by atomic mass is 14.9. The topological polar surface area (TPSA) is 24.1 Å². The zero-order valence-electron chi connectivity index (χ0n) is 12.4. The molecule has 0 aromatic heterocycles. The van der Waals surface area contributed by atoms with Gasteiger partial charge in [-0.05, 0) is 58.7 Å². The van der Waals surface area contributed by atoms with E-state index in [1.54, 1.807) is 0 Å². The molecule has 0 amide bonds. The van der Waals surface area contributed by atoms with Gasteiger partial charge in [-0.15, -0.1) is 0 Å². The first-order chi connectivity index (χ1) is 7.86. The highest BCUT2D eigenvalue weighted by Gasteiger charge is 2.18. The molecule has 0 unspecified atom stereocenters. The van der Waals surface area contributed by atoms with Crippen molar-refractivity contribution in [2.45, 2.75) is 65.8 Å². The van der Waals surface area contributed by atoms with Crippen LogP contribution in [0.3, 0.4) is 0 Å². The quantitative estimate of drug-likeness (QED) is 0.773. The number of hydrogen-bond acceptors (Lipinski definition) is 2. The molecule has 1 saturated carbocycles. The summed E-state index contributed by atoms with van der Waals surface area (Å²) < 4.78 is 0. The second-order valence-corrected chi connectivity index (χ2v) is 3.90. The van der Waals surface area contributed by atoms with Crippen LogP contribution in [0.25, 0.3) is 0 Å². The molecule has 100 valence electrons. The summed E-state index contributed by atoms with van der Waals surface area (Å²) in [5.74, 6) is 0.988. The molecule has 2 N–H and O–H groups in total. The summed E-state index contributed by atoms with van der Waals surface area (Å²) in [7, 11) is 4.12. The third-order valence-electron chi connectivity index (χ3n) is 3.06. The average Bonchev–Trinajstić information content (AvgIpc) is 2.41. The summed E-state index contributed by atoms with van der Waals surface area (Å²) in [6.07, 6.45) is 6.98. The van der Waals surface area contributed by atoms with Crippen molar-refractivity contribution in [2.75, 3.05) is 20.6 Å². The molecule has 0 saturated heterocycles. The smallest absolute Gasteiger partial charge is 0.00642 e. The van der Waals surface area contributed by atoms with Gasteiger partial charge in [-0.3, -0.25) is 0 Å². The van der Waals surface area contributed by atoms with E-state index in [9.17, 15) is 0 Å². The highest BCUT2D eigenvalue weighted by molar-refractivity contribution is 4.76. The SMILES string of the molecule is CC.CC.CNCCC1CCC(NC)CC1. The minimum Gasteiger partial charge on any atom is -0.320 e. The first-order valence-electron chi connectivity index (χ1n) is 7.18. The largest absolute Gasteiger partial charge is 0.320 e. The summed E-state index contributed by atoms with van der Waals surface area (Å²) in [4.78, 5) is 0. The Kier molecular flexibility index (Phi) is 17.1. The van der Waals surface area contributed by atoms with E-state index in [1.165, 1.54) is 38.6 Å². The molecule has 1 aliphatic rings. The molecule has 0 bridgehead atoms. The van der Waals surface area contributed by atoms with Crippen molar-refractivity contribution in [1.29, 1.82) is 0 Å². The maximum atomic E-state index is 3.36. The van der Waals surface area contributed by atoms with Crippen molar-refractivity contribution in [3.05, 3.63) is 0 Å². The van der Waals surface area contributed by atoms with Gasteiger partial charge in [-0.2, -0.15) is 0 Å². The van der Waals surface area contributed by atoms with E-state index in [0.29, 0.717) is 0 Å². The van der Waals surface area contributed by atoms with Crippen molar-refractivity contribution in [3.63, 3.8) is 0 Å². The first kappa shape index (κ1) is 18.3. The van der Waals surface area contributed by atoms with Crippen LogP contribution >= 0.6 is 0 Å². The lowest BCUT2D eigenvalue weighted by molar-refractivity contribution is 0.288. The Labute approximate surface area is 104 Å². The van der Waals surface area contributed by atoms with E-state index < -0.39 is 0 Å². The Bertz CT molecular complexity index is 107. The zero-order valence-corrected chi connectivity index (χ0v) is 12.4. The summed E-state index contributed by atoms with van der Waals surface area (Å²) in [5.41, 5.74) is 0. The third kappa shape index (κ3) is 9.17. The van der Waals surface area contributed by atoms with E-state index >= 15 is 0 Å². The minimum absolute atomic E-state index is 0.802. The zero-order chi connectivity index (χ0) is 12.8. The van der Waals surface area contributed by atoms with Crippen LogP contribution < -0.4 is 10.6 Å². The normalized spacial score (nSPS) is 23.6. The standard InChI is InChI=1S/C10H22N2.2C2H6/c1-11-8-7-9-3-5-10(12-2)6-4-9;2*1-2/h9-12H,3-8H2,1-2H3;2*1-2H3. The van der Waals surface area contributed by atoms with Crippen LogP contribution in [0.5, 0.6) is 0 Å². The lowest BCUT2D eigenvalue weighted by Crippen LogP contribution is -2.30. The number of rotatable bonds is 4. The molecule has 1 aliphatic carbocycles. The van der Waals surface area contributed by atoms with Gasteiger partial charge in [0.05, 0.1) is 0 Å². The van der Waals surface area contributed by atoms with E-state index in [2.05, 4.69) is 17.7 Å². The molecule has 16 heavy (non-hydrogen) atoms. The van der Waals surface area contributed by atoms with E-state index in [-0.39, 0.29) is 0 Å². The molecule has 2 nitrogen and oxygen atoms in total. The fourth-order valence-electron chi connectivity index (χ4n) is 2.09. The molecular weight excluding hydrogens is 196 g/mol. The van der Waals surface area contributed by atoms with Gasteiger partial charge < -0.3 is 10.6 Å². The summed E-state index contributed by atoms with van der Waals surface area (Å²) in [6, 6.07) is 0.802. The van der Waals surface area contributed by atoms with Crippen molar-refractivity contribution in [3.8, 4) is 0 Å². The Morgan fingerprint density at radius 2 is 1.38 bits per heavy atom. The molecule has 0 aliphatic heterocycles. The monoisotopic (exact) mass is 230 g/mol. The van der Waals surface area contributed by atoms with Crippen LogP contribution in [-0.4, -0.2) is 26.7 Å². The van der Waals surface area contributed by atoms with Crippen molar-refractivity contribution >= 4 is 0 Å². The second kappa shape index (κ2) is 14.9. The summed E-state index contributed by atoms with van der Waals surface area (Å²) in [6.45, 7) is 9.19. The molecule has 0 radical (unpaired) electrons. The van der Waals surface area contributed by atoms with E-state index in [1.807, 2.05) is 34.7 Å². The van der Waals surface area contributed by atoms with E-state index in [4.69, 9.17) is 0 Å². The molecule has 1 rings (SSSR count). The van der Waals surface area contributed by atoms with Gasteiger partial charge in [0.15, 0.2) is 0 Å². The van der Waals surface area contributed by atoms with Gasteiger partial charge in [-0.25, -0.2) is 0 Å². The van der Waals surface area contributed by atoms with Crippen molar-refractivity contribution in [1.82, 2.24) is 10.6 Å². The third-order valence-corrected chi connectivity index (χ3v) is 3.06. The Balaban J connectivity index is 0. The van der Waals surface area contributed by atoms with E-state index in [0.717, 1.165) is 12.0 Å². The molecule has 0 spiro atoms. The fourth-order valence-corrected chi connectivity index (χ4v) is 2.09. The maximum Gasteiger partial charge on any atom is 0.00642 e. The molecule has 2 heteroatoms. The van der Waals surface area contributed by atoms with Crippen molar-refractivity contribution < 1.29 is 0 Å². The van der Waals surface area contributed by atoms with Gasteiger partial charge >= 0.3 is 0 Å². The molecule has 0 aromatic rings. The average molecular weight is 230 g/mol. The van der Waals surface area contributed by atoms with Crippen LogP contribution in [0.15, 0.2) is 0 Å². The van der Waals surface area contributed by atoms with Gasteiger partial charge in [-0.1, -0.05) is 27.7 Å². The molecule has 0 aromatic carbocycles. The van der Waals surface area contributed by atoms with Crippen LogP contribution in [0.2, 0.25) is 0 Å². The van der Waals surface area contributed by atoms with Gasteiger partial charge in [0.2, 0.25) is 0 Å². The van der Waals surface area contributed by atoms with Gasteiger partial charge in [0.25, 0.3) is 0 Å². The van der Waals surface area contributed by atoms with Crippen molar-refractivity contribution in [2.24, 2.45) is 5.92 Å².